The normalized spacial score (nSPS) is 18.2. The molecule has 2 aliphatic heterocycles. The second-order valence-electron chi connectivity index (χ2n) is 16.1. The highest BCUT2D eigenvalue weighted by molar-refractivity contribution is 5.93. The number of carbonyl (C=O) groups excluding carboxylic acids is 2. The predicted octanol–water partition coefficient (Wildman–Crippen LogP) is 10.1. The number of imidazole rings is 2. The molecule has 2 aromatic heterocycles. The number of fused-ring (bicyclic) bond motifs is 3. The molecule has 0 saturated carbocycles. The van der Waals surface area contributed by atoms with Crippen molar-refractivity contribution in [2.75, 3.05) is 13.1 Å². The SMILES string of the molecule is CC(C)(C)OC(=O)N1CCC[C@H]1c1nc2ccc(-c3ccc4ccc(-c5ccc6nc([C@@H]7CCCN7C(=O)OC(C)(C)C)[nH]c6c5)cc4c3)cc2[nH]1. The van der Waals surface area contributed by atoms with Crippen molar-refractivity contribution in [3.63, 3.8) is 0 Å². The summed E-state index contributed by atoms with van der Waals surface area (Å²) in [5.41, 5.74) is 6.93. The molecule has 0 unspecified atom stereocenters. The van der Waals surface area contributed by atoms with E-state index in [9.17, 15) is 9.59 Å². The molecule has 0 aliphatic carbocycles. The molecule has 4 aromatic carbocycles. The van der Waals surface area contributed by atoms with Crippen LogP contribution >= 0.6 is 0 Å². The molecule has 52 heavy (non-hydrogen) atoms. The topological polar surface area (TPSA) is 116 Å². The van der Waals surface area contributed by atoms with Gasteiger partial charge in [0.2, 0.25) is 0 Å². The van der Waals surface area contributed by atoms with Gasteiger partial charge in [0.1, 0.15) is 22.9 Å². The lowest BCUT2D eigenvalue weighted by Crippen LogP contribution is -2.36. The summed E-state index contributed by atoms with van der Waals surface area (Å²) < 4.78 is 11.4. The molecular formula is C42H46N6O4. The van der Waals surface area contributed by atoms with E-state index in [0.717, 1.165) is 92.4 Å². The van der Waals surface area contributed by atoms with E-state index in [-0.39, 0.29) is 24.3 Å². The maximum absolute atomic E-state index is 12.9. The maximum atomic E-state index is 12.9. The fourth-order valence-electron chi connectivity index (χ4n) is 7.52. The van der Waals surface area contributed by atoms with Gasteiger partial charge >= 0.3 is 12.2 Å². The Morgan fingerprint density at radius 3 is 1.42 bits per heavy atom. The zero-order valence-corrected chi connectivity index (χ0v) is 30.7. The monoisotopic (exact) mass is 698 g/mol. The molecule has 0 radical (unpaired) electrons. The van der Waals surface area contributed by atoms with Gasteiger partial charge in [-0.15, -0.1) is 0 Å². The summed E-state index contributed by atoms with van der Waals surface area (Å²) in [4.78, 5) is 46.3. The largest absolute Gasteiger partial charge is 0.444 e. The lowest BCUT2D eigenvalue weighted by molar-refractivity contribution is 0.0208. The van der Waals surface area contributed by atoms with Gasteiger partial charge in [-0.3, -0.25) is 9.80 Å². The number of nitrogens with zero attached hydrogens (tertiary/aromatic N) is 4. The highest BCUT2D eigenvalue weighted by Gasteiger charge is 2.36. The van der Waals surface area contributed by atoms with Gasteiger partial charge in [-0.1, -0.05) is 36.4 Å². The Bertz CT molecular complexity index is 2170. The van der Waals surface area contributed by atoms with E-state index in [1.807, 2.05) is 53.7 Å². The maximum Gasteiger partial charge on any atom is 0.410 e. The van der Waals surface area contributed by atoms with E-state index in [2.05, 4.69) is 70.6 Å². The number of amides is 2. The molecule has 268 valence electrons. The molecule has 2 N–H and O–H groups in total. The first kappa shape index (κ1) is 33.7. The average molecular weight is 699 g/mol. The number of rotatable bonds is 4. The molecule has 8 rings (SSSR count). The first-order valence-electron chi connectivity index (χ1n) is 18.3. The fourth-order valence-corrected chi connectivity index (χ4v) is 7.52. The molecule has 10 heteroatoms. The Morgan fingerprint density at radius 2 is 1.00 bits per heavy atom. The third-order valence-electron chi connectivity index (χ3n) is 9.90. The van der Waals surface area contributed by atoms with Crippen LogP contribution in [0.4, 0.5) is 9.59 Å². The third kappa shape index (κ3) is 6.69. The Balaban J connectivity index is 1.04. The van der Waals surface area contributed by atoms with E-state index >= 15 is 0 Å². The second-order valence-corrected chi connectivity index (χ2v) is 16.1. The van der Waals surface area contributed by atoms with Gasteiger partial charge in [-0.05, 0) is 137 Å². The molecule has 0 bridgehead atoms. The highest BCUT2D eigenvalue weighted by Crippen LogP contribution is 2.36. The number of likely N-dealkylation sites (tertiary alicyclic amines) is 2. The van der Waals surface area contributed by atoms with Crippen LogP contribution in [0.5, 0.6) is 0 Å². The summed E-state index contributed by atoms with van der Waals surface area (Å²) in [5, 5.41) is 2.30. The quantitative estimate of drug-likeness (QED) is 0.189. The first-order chi connectivity index (χ1) is 24.8. The molecule has 2 aliphatic rings. The van der Waals surface area contributed by atoms with Gasteiger partial charge in [0.05, 0.1) is 34.2 Å². The molecule has 2 saturated heterocycles. The predicted molar refractivity (Wildman–Crippen MR) is 204 cm³/mol. The number of benzene rings is 4. The molecule has 2 fully saturated rings. The van der Waals surface area contributed by atoms with E-state index in [1.54, 1.807) is 9.80 Å². The van der Waals surface area contributed by atoms with Gasteiger partial charge in [0.15, 0.2) is 0 Å². The average Bonchev–Trinajstić information content (AvgIpc) is 3.90. The van der Waals surface area contributed by atoms with E-state index in [0.29, 0.717) is 13.1 Å². The van der Waals surface area contributed by atoms with Crippen molar-refractivity contribution < 1.29 is 19.1 Å². The van der Waals surface area contributed by atoms with Crippen molar-refractivity contribution in [3.8, 4) is 22.3 Å². The van der Waals surface area contributed by atoms with Crippen molar-refractivity contribution in [1.29, 1.82) is 0 Å². The van der Waals surface area contributed by atoms with Crippen molar-refractivity contribution in [1.82, 2.24) is 29.7 Å². The summed E-state index contributed by atoms with van der Waals surface area (Å²) in [7, 11) is 0. The van der Waals surface area contributed by atoms with Crippen LogP contribution in [0, 0.1) is 0 Å². The summed E-state index contributed by atoms with van der Waals surface area (Å²) in [6, 6.07) is 25.4. The van der Waals surface area contributed by atoms with E-state index < -0.39 is 11.2 Å². The molecular weight excluding hydrogens is 652 g/mol. The third-order valence-corrected chi connectivity index (χ3v) is 9.90. The zero-order chi connectivity index (χ0) is 36.4. The number of H-pyrrole nitrogens is 2. The molecule has 0 spiro atoms. The van der Waals surface area contributed by atoms with E-state index in [1.165, 1.54) is 0 Å². The lowest BCUT2D eigenvalue weighted by Gasteiger charge is -2.27. The Labute approximate surface area is 303 Å². The number of nitrogens with one attached hydrogen (secondary N) is 2. The Hall–Kier alpha value is -5.38. The number of aromatic amines is 2. The van der Waals surface area contributed by atoms with Crippen molar-refractivity contribution in [2.45, 2.75) is 90.5 Å². The van der Waals surface area contributed by atoms with Gasteiger partial charge < -0.3 is 19.4 Å². The van der Waals surface area contributed by atoms with Gasteiger partial charge in [0, 0.05) is 13.1 Å². The standard InChI is InChI=1S/C42H46N6O4/c1-41(2,3)51-39(49)47-19-7-9-35(47)37-43-31-17-15-28(23-33(31)45-37)26-13-11-25-12-14-27(22-30(25)21-26)29-16-18-32-34(24-29)46-38(44-32)36-10-8-20-48(36)40(50)52-42(4,5)6/h11-18,21-24,35-36H,7-10,19-20H2,1-6H3,(H,43,45)(H,44,46)/t35-,36-/m0/s1. The molecule has 2 amide bonds. The smallest absolute Gasteiger partial charge is 0.410 e. The molecule has 10 nitrogen and oxygen atoms in total. The fraction of sp³-hybridized carbons (Fsp3) is 0.381. The molecule has 4 heterocycles. The van der Waals surface area contributed by atoms with Gasteiger partial charge in [-0.25, -0.2) is 19.6 Å². The van der Waals surface area contributed by atoms with Crippen molar-refractivity contribution in [2.24, 2.45) is 0 Å². The summed E-state index contributed by atoms with van der Waals surface area (Å²) in [5.74, 6) is 1.59. The van der Waals surface area contributed by atoms with Crippen LogP contribution in [0.2, 0.25) is 0 Å². The molecule has 2 atom stereocenters. The van der Waals surface area contributed by atoms with Crippen LogP contribution in [0.15, 0.2) is 72.8 Å². The lowest BCUT2D eigenvalue weighted by atomic mass is 9.97. The van der Waals surface area contributed by atoms with Crippen LogP contribution in [-0.4, -0.2) is 66.2 Å². The van der Waals surface area contributed by atoms with Crippen LogP contribution in [0.3, 0.4) is 0 Å². The first-order valence-corrected chi connectivity index (χ1v) is 18.3. The number of ether oxygens (including phenoxy) is 2. The highest BCUT2D eigenvalue weighted by atomic mass is 16.6. The minimum atomic E-state index is -0.547. The Morgan fingerprint density at radius 1 is 0.596 bits per heavy atom. The summed E-state index contributed by atoms with van der Waals surface area (Å²) in [6.07, 6.45) is 2.93. The number of aromatic nitrogens is 4. The van der Waals surface area contributed by atoms with Gasteiger partial charge in [-0.2, -0.15) is 0 Å². The minimum Gasteiger partial charge on any atom is -0.444 e. The van der Waals surface area contributed by atoms with Crippen LogP contribution in [0.25, 0.3) is 55.1 Å². The zero-order valence-electron chi connectivity index (χ0n) is 30.7. The van der Waals surface area contributed by atoms with Gasteiger partial charge in [0.25, 0.3) is 0 Å². The second kappa shape index (κ2) is 12.7. The van der Waals surface area contributed by atoms with Crippen LogP contribution in [0.1, 0.15) is 91.0 Å². The molecule has 6 aromatic rings. The number of carbonyl (C=O) groups is 2. The van der Waals surface area contributed by atoms with Crippen molar-refractivity contribution in [3.05, 3.63) is 84.4 Å². The number of hydrogen-bond donors (Lipinski definition) is 2. The summed E-state index contributed by atoms with van der Waals surface area (Å²) in [6.45, 7) is 12.7. The Kier molecular flexibility index (Phi) is 8.23. The number of hydrogen-bond acceptors (Lipinski definition) is 6. The van der Waals surface area contributed by atoms with Crippen LogP contribution in [-0.2, 0) is 9.47 Å². The van der Waals surface area contributed by atoms with E-state index in [4.69, 9.17) is 19.4 Å². The van der Waals surface area contributed by atoms with Crippen molar-refractivity contribution >= 4 is 45.0 Å². The minimum absolute atomic E-state index is 0.132. The van der Waals surface area contributed by atoms with Crippen LogP contribution < -0.4 is 0 Å². The summed E-state index contributed by atoms with van der Waals surface area (Å²) >= 11 is 0.